The zero-order valence-corrected chi connectivity index (χ0v) is 10.4. The Morgan fingerprint density at radius 2 is 1.74 bits per heavy atom. The number of rotatable bonds is 4. The van der Waals surface area contributed by atoms with Crippen molar-refractivity contribution in [2.75, 3.05) is 0 Å². The molecule has 0 amide bonds. The molecule has 0 saturated carbocycles. The summed E-state index contributed by atoms with van der Waals surface area (Å²) >= 11 is 0. The standard InChI is InChI=1S/C13H13F5O/c1-8(2)6-9-4-3-5-10(7-9)11(19)12(14,15)13(16,17)18/h3-5,7-8H,6H2,1-2H3. The first kappa shape index (κ1) is 15.6. The molecule has 0 aliphatic rings. The van der Waals surface area contributed by atoms with Gasteiger partial charge in [0.2, 0.25) is 5.78 Å². The molecule has 19 heavy (non-hydrogen) atoms. The summed E-state index contributed by atoms with van der Waals surface area (Å²) in [7, 11) is 0. The molecule has 106 valence electrons. The number of carbonyl (C=O) groups is 1. The second kappa shape index (κ2) is 5.27. The summed E-state index contributed by atoms with van der Waals surface area (Å²) in [5.41, 5.74) is -0.0701. The van der Waals surface area contributed by atoms with E-state index in [1.807, 2.05) is 13.8 Å². The van der Waals surface area contributed by atoms with Crippen molar-refractivity contribution >= 4 is 5.78 Å². The molecular weight excluding hydrogens is 267 g/mol. The third kappa shape index (κ3) is 3.52. The SMILES string of the molecule is CC(C)Cc1cccc(C(=O)C(F)(F)C(F)(F)F)c1. The van der Waals surface area contributed by atoms with Crippen molar-refractivity contribution in [2.24, 2.45) is 5.92 Å². The van der Waals surface area contributed by atoms with Gasteiger partial charge < -0.3 is 0 Å². The van der Waals surface area contributed by atoms with Gasteiger partial charge in [0.1, 0.15) is 0 Å². The molecule has 0 heterocycles. The van der Waals surface area contributed by atoms with Gasteiger partial charge in [-0.05, 0) is 24.0 Å². The third-order valence-electron chi connectivity index (χ3n) is 2.47. The summed E-state index contributed by atoms with van der Waals surface area (Å²) in [4.78, 5) is 11.3. The van der Waals surface area contributed by atoms with Gasteiger partial charge in [0, 0.05) is 5.56 Å². The fourth-order valence-electron chi connectivity index (χ4n) is 1.62. The molecule has 0 unspecified atom stereocenters. The monoisotopic (exact) mass is 280 g/mol. The van der Waals surface area contributed by atoms with Crippen molar-refractivity contribution in [3.05, 3.63) is 35.4 Å². The summed E-state index contributed by atoms with van der Waals surface area (Å²) < 4.78 is 62.2. The van der Waals surface area contributed by atoms with Crippen molar-refractivity contribution < 1.29 is 26.7 Å². The zero-order valence-electron chi connectivity index (χ0n) is 10.4. The lowest BCUT2D eigenvalue weighted by Crippen LogP contribution is -2.44. The van der Waals surface area contributed by atoms with Gasteiger partial charge in [0.05, 0.1) is 0 Å². The van der Waals surface area contributed by atoms with E-state index in [9.17, 15) is 26.7 Å². The van der Waals surface area contributed by atoms with Crippen LogP contribution in [-0.2, 0) is 6.42 Å². The second-order valence-corrected chi connectivity index (χ2v) is 4.70. The number of Topliss-reactive ketones (excluding diaryl/α,β-unsaturated/α-hetero) is 1. The van der Waals surface area contributed by atoms with Crippen LogP contribution < -0.4 is 0 Å². The van der Waals surface area contributed by atoms with E-state index in [1.54, 1.807) is 6.07 Å². The molecule has 0 saturated heterocycles. The van der Waals surface area contributed by atoms with Crippen LogP contribution in [0.1, 0.15) is 29.8 Å². The van der Waals surface area contributed by atoms with Crippen molar-refractivity contribution in [1.82, 2.24) is 0 Å². The van der Waals surface area contributed by atoms with Gasteiger partial charge in [-0.15, -0.1) is 0 Å². The molecular formula is C13H13F5O. The van der Waals surface area contributed by atoms with E-state index in [-0.39, 0.29) is 5.92 Å². The molecule has 0 atom stereocenters. The average Bonchev–Trinajstić information content (AvgIpc) is 2.25. The summed E-state index contributed by atoms with van der Waals surface area (Å²) in [6, 6.07) is 4.94. The van der Waals surface area contributed by atoms with Crippen LogP contribution in [0.3, 0.4) is 0 Å². The van der Waals surface area contributed by atoms with E-state index in [4.69, 9.17) is 0 Å². The first-order chi connectivity index (χ1) is 8.55. The number of carbonyl (C=O) groups excluding carboxylic acids is 1. The lowest BCUT2D eigenvalue weighted by Gasteiger charge is -2.18. The fourth-order valence-corrected chi connectivity index (χ4v) is 1.62. The Bertz CT molecular complexity index is 462. The van der Waals surface area contributed by atoms with Crippen LogP contribution in [0.15, 0.2) is 24.3 Å². The Hall–Kier alpha value is -1.46. The van der Waals surface area contributed by atoms with Gasteiger partial charge in [0.25, 0.3) is 0 Å². The van der Waals surface area contributed by atoms with Gasteiger partial charge in [-0.2, -0.15) is 22.0 Å². The predicted molar refractivity (Wildman–Crippen MR) is 60.3 cm³/mol. The first-order valence-electron chi connectivity index (χ1n) is 5.64. The molecule has 0 aliphatic carbocycles. The quantitative estimate of drug-likeness (QED) is 0.594. The first-order valence-corrected chi connectivity index (χ1v) is 5.64. The van der Waals surface area contributed by atoms with Crippen LogP contribution in [-0.4, -0.2) is 17.9 Å². The van der Waals surface area contributed by atoms with Crippen molar-refractivity contribution in [3.63, 3.8) is 0 Å². The van der Waals surface area contributed by atoms with Gasteiger partial charge in [-0.1, -0.05) is 32.0 Å². The molecule has 1 aromatic carbocycles. The lowest BCUT2D eigenvalue weighted by atomic mass is 9.98. The molecule has 0 N–H and O–H groups in total. The number of ketones is 1. The van der Waals surface area contributed by atoms with Crippen molar-refractivity contribution in [3.8, 4) is 0 Å². The fraction of sp³-hybridized carbons (Fsp3) is 0.462. The van der Waals surface area contributed by atoms with Gasteiger partial charge in [-0.25, -0.2) is 0 Å². The Morgan fingerprint density at radius 3 is 2.21 bits per heavy atom. The van der Waals surface area contributed by atoms with E-state index in [1.165, 1.54) is 6.07 Å². The Labute approximate surface area is 107 Å². The topological polar surface area (TPSA) is 17.1 Å². The Morgan fingerprint density at radius 1 is 1.16 bits per heavy atom. The Balaban J connectivity index is 3.07. The molecule has 0 spiro atoms. The maximum absolute atomic E-state index is 12.9. The smallest absolute Gasteiger partial charge is 0.287 e. The van der Waals surface area contributed by atoms with Crippen LogP contribution in [0.2, 0.25) is 0 Å². The highest BCUT2D eigenvalue weighted by Gasteiger charge is 2.63. The normalized spacial score (nSPS) is 12.8. The van der Waals surface area contributed by atoms with Gasteiger partial charge >= 0.3 is 12.1 Å². The number of hydrogen-bond acceptors (Lipinski definition) is 1. The molecule has 6 heteroatoms. The minimum atomic E-state index is -5.88. The number of benzene rings is 1. The summed E-state index contributed by atoms with van der Waals surface area (Å²) in [6.45, 7) is 3.75. The maximum atomic E-state index is 12.9. The number of halogens is 5. The average molecular weight is 280 g/mol. The molecule has 1 aromatic rings. The second-order valence-electron chi connectivity index (χ2n) is 4.70. The molecule has 0 bridgehead atoms. The summed E-state index contributed by atoms with van der Waals surface area (Å²) in [5.74, 6) is -7.37. The third-order valence-corrected chi connectivity index (χ3v) is 2.47. The molecule has 0 aromatic heterocycles. The van der Waals surface area contributed by atoms with E-state index in [2.05, 4.69) is 0 Å². The van der Waals surface area contributed by atoms with Gasteiger partial charge in [-0.3, -0.25) is 4.79 Å². The molecule has 0 aliphatic heterocycles. The van der Waals surface area contributed by atoms with E-state index >= 15 is 0 Å². The maximum Gasteiger partial charge on any atom is 0.461 e. The highest BCUT2D eigenvalue weighted by molar-refractivity contribution is 6.02. The highest BCUT2D eigenvalue weighted by atomic mass is 19.4. The summed E-state index contributed by atoms with van der Waals surface area (Å²) in [6.07, 6.45) is -5.38. The van der Waals surface area contributed by atoms with Crippen LogP contribution in [0.25, 0.3) is 0 Å². The van der Waals surface area contributed by atoms with Gasteiger partial charge in [0.15, 0.2) is 0 Å². The van der Waals surface area contributed by atoms with Crippen LogP contribution >= 0.6 is 0 Å². The molecule has 1 nitrogen and oxygen atoms in total. The van der Waals surface area contributed by atoms with Crippen LogP contribution in [0, 0.1) is 5.92 Å². The van der Waals surface area contributed by atoms with Crippen LogP contribution in [0.4, 0.5) is 22.0 Å². The largest absolute Gasteiger partial charge is 0.461 e. The minimum Gasteiger partial charge on any atom is -0.287 e. The minimum absolute atomic E-state index is 0.202. The number of hydrogen-bond donors (Lipinski definition) is 0. The Kier molecular flexibility index (Phi) is 4.32. The lowest BCUT2D eigenvalue weighted by molar-refractivity contribution is -0.255. The summed E-state index contributed by atoms with van der Waals surface area (Å²) in [5, 5.41) is 0. The molecule has 1 rings (SSSR count). The van der Waals surface area contributed by atoms with E-state index in [0.29, 0.717) is 12.0 Å². The highest BCUT2D eigenvalue weighted by Crippen LogP contribution is 2.38. The number of alkyl halides is 5. The predicted octanol–water partition coefficient (Wildman–Crippen LogP) is 4.27. The van der Waals surface area contributed by atoms with E-state index in [0.717, 1.165) is 12.1 Å². The zero-order chi connectivity index (χ0) is 14.8. The van der Waals surface area contributed by atoms with Crippen molar-refractivity contribution in [2.45, 2.75) is 32.4 Å². The molecule has 0 radical (unpaired) electrons. The molecule has 0 fully saturated rings. The van der Waals surface area contributed by atoms with Crippen molar-refractivity contribution in [1.29, 1.82) is 0 Å². The van der Waals surface area contributed by atoms with Crippen LogP contribution in [0.5, 0.6) is 0 Å². The van der Waals surface area contributed by atoms with E-state index < -0.39 is 23.4 Å².